The third kappa shape index (κ3) is 4.08. The molecule has 1 fully saturated rings. The summed E-state index contributed by atoms with van der Waals surface area (Å²) in [6, 6.07) is 17.3. The Kier molecular flexibility index (Phi) is 5.93. The molecule has 9 heteroatoms. The average Bonchev–Trinajstić information content (AvgIpc) is 3.42. The normalized spacial score (nSPS) is 16.5. The number of rotatable bonds is 6. The van der Waals surface area contributed by atoms with Crippen LogP contribution >= 0.6 is 11.3 Å². The van der Waals surface area contributed by atoms with Crippen molar-refractivity contribution in [2.75, 3.05) is 4.90 Å². The summed E-state index contributed by atoms with van der Waals surface area (Å²) in [5.74, 6) is -1.09. The van der Waals surface area contributed by atoms with Gasteiger partial charge >= 0.3 is 0 Å². The fourth-order valence-electron chi connectivity index (χ4n) is 3.56. The van der Waals surface area contributed by atoms with Crippen molar-refractivity contribution in [1.29, 1.82) is 5.26 Å². The quantitative estimate of drug-likeness (QED) is 0.519. The Morgan fingerprint density at radius 3 is 2.38 bits per heavy atom. The van der Waals surface area contributed by atoms with Crippen LogP contribution in [0, 0.1) is 18.3 Å². The molecule has 2 heterocycles. The zero-order valence-electron chi connectivity index (χ0n) is 17.1. The minimum Gasteiger partial charge on any atom is -0.274 e. The third-order valence-corrected chi connectivity index (χ3v) is 8.47. The molecule has 32 heavy (non-hydrogen) atoms. The standard InChI is InChI=1S/C23H19N3O4S2/c1-16-4-6-18(7-5-16)15-25(32(29,30)22-3-2-12-31-22)20-13-21(27)26(23(20)28)19-10-8-17(14-24)9-11-19/h2-12,20H,13,15H2,1H3. The van der Waals surface area contributed by atoms with Crippen molar-refractivity contribution in [2.24, 2.45) is 0 Å². The van der Waals surface area contributed by atoms with E-state index in [0.717, 1.165) is 26.1 Å². The highest BCUT2D eigenvalue weighted by Crippen LogP contribution is 2.32. The summed E-state index contributed by atoms with van der Waals surface area (Å²) in [6.07, 6.45) is -0.255. The number of imide groups is 1. The van der Waals surface area contributed by atoms with Crippen LogP contribution in [0.25, 0.3) is 0 Å². The molecule has 1 aliphatic rings. The molecule has 4 rings (SSSR count). The molecular weight excluding hydrogens is 446 g/mol. The predicted molar refractivity (Wildman–Crippen MR) is 120 cm³/mol. The Balaban J connectivity index is 1.72. The summed E-state index contributed by atoms with van der Waals surface area (Å²) in [7, 11) is -4.01. The first-order chi connectivity index (χ1) is 15.3. The van der Waals surface area contributed by atoms with Gasteiger partial charge in [-0.25, -0.2) is 13.3 Å². The molecule has 2 aromatic carbocycles. The Hall–Kier alpha value is -3.32. The number of benzene rings is 2. The molecule has 162 valence electrons. The number of thiophene rings is 1. The molecule has 1 aromatic heterocycles. The summed E-state index contributed by atoms with van der Waals surface area (Å²) in [4.78, 5) is 27.1. The van der Waals surface area contributed by atoms with Gasteiger partial charge in [-0.3, -0.25) is 9.59 Å². The fraction of sp³-hybridized carbons (Fsp3) is 0.174. The minimum absolute atomic E-state index is 0.0363. The summed E-state index contributed by atoms with van der Waals surface area (Å²) >= 11 is 1.06. The lowest BCUT2D eigenvalue weighted by molar-refractivity contribution is -0.122. The summed E-state index contributed by atoms with van der Waals surface area (Å²) in [6.45, 7) is 1.89. The van der Waals surface area contributed by atoms with Crippen LogP contribution < -0.4 is 4.90 Å². The van der Waals surface area contributed by atoms with E-state index in [0.29, 0.717) is 16.8 Å². The molecular formula is C23H19N3O4S2. The minimum atomic E-state index is -4.01. The molecule has 0 N–H and O–H groups in total. The first-order valence-electron chi connectivity index (χ1n) is 9.79. The van der Waals surface area contributed by atoms with Crippen LogP contribution in [0.4, 0.5) is 5.69 Å². The van der Waals surface area contributed by atoms with Crippen molar-refractivity contribution in [3.8, 4) is 6.07 Å². The topological polar surface area (TPSA) is 98.5 Å². The van der Waals surface area contributed by atoms with E-state index in [9.17, 15) is 18.0 Å². The van der Waals surface area contributed by atoms with E-state index in [-0.39, 0.29) is 17.2 Å². The second kappa shape index (κ2) is 8.67. The van der Waals surface area contributed by atoms with Crippen molar-refractivity contribution >= 4 is 38.9 Å². The largest absolute Gasteiger partial charge is 0.274 e. The molecule has 2 amide bonds. The Bertz CT molecular complexity index is 1290. The van der Waals surface area contributed by atoms with Crippen LogP contribution in [0.15, 0.2) is 70.3 Å². The van der Waals surface area contributed by atoms with Gasteiger partial charge in [0.05, 0.1) is 23.7 Å². The predicted octanol–water partition coefficient (Wildman–Crippen LogP) is 3.45. The van der Waals surface area contributed by atoms with Crippen molar-refractivity contribution < 1.29 is 18.0 Å². The highest BCUT2D eigenvalue weighted by Gasteiger charge is 2.47. The number of amides is 2. The maximum absolute atomic E-state index is 13.4. The van der Waals surface area contributed by atoms with Crippen molar-refractivity contribution in [1.82, 2.24) is 4.31 Å². The van der Waals surface area contributed by atoms with Gasteiger partial charge in [-0.05, 0) is 48.2 Å². The van der Waals surface area contributed by atoms with Crippen LogP contribution in [0.2, 0.25) is 0 Å². The maximum Gasteiger partial charge on any atom is 0.253 e. The summed E-state index contributed by atoms with van der Waals surface area (Å²) < 4.78 is 28.1. The Morgan fingerprint density at radius 2 is 1.78 bits per heavy atom. The Morgan fingerprint density at radius 1 is 1.09 bits per heavy atom. The monoisotopic (exact) mass is 465 g/mol. The number of carbonyl (C=O) groups excluding carboxylic acids is 2. The second-order valence-corrected chi connectivity index (χ2v) is 10.5. The van der Waals surface area contributed by atoms with E-state index in [2.05, 4.69) is 0 Å². The van der Waals surface area contributed by atoms with Crippen LogP contribution in [0.3, 0.4) is 0 Å². The zero-order chi connectivity index (χ0) is 22.9. The van der Waals surface area contributed by atoms with E-state index < -0.39 is 27.9 Å². The lowest BCUT2D eigenvalue weighted by Crippen LogP contribution is -2.44. The van der Waals surface area contributed by atoms with Crippen molar-refractivity contribution in [3.05, 3.63) is 82.7 Å². The van der Waals surface area contributed by atoms with Crippen LogP contribution in [0.1, 0.15) is 23.1 Å². The average molecular weight is 466 g/mol. The number of aryl methyl sites for hydroxylation is 1. The third-order valence-electron chi connectivity index (χ3n) is 5.24. The first-order valence-corrected chi connectivity index (χ1v) is 12.1. The van der Waals surface area contributed by atoms with Gasteiger partial charge in [0.1, 0.15) is 10.3 Å². The van der Waals surface area contributed by atoms with Gasteiger partial charge in [-0.1, -0.05) is 35.9 Å². The van der Waals surface area contributed by atoms with E-state index in [1.165, 1.54) is 30.3 Å². The molecule has 7 nitrogen and oxygen atoms in total. The lowest BCUT2D eigenvalue weighted by Gasteiger charge is -2.26. The molecule has 0 spiro atoms. The van der Waals surface area contributed by atoms with E-state index in [1.54, 1.807) is 11.4 Å². The SMILES string of the molecule is Cc1ccc(CN(C2CC(=O)N(c3ccc(C#N)cc3)C2=O)S(=O)(=O)c2cccs2)cc1. The molecule has 0 aliphatic carbocycles. The number of carbonyl (C=O) groups is 2. The smallest absolute Gasteiger partial charge is 0.253 e. The second-order valence-electron chi connectivity index (χ2n) is 7.41. The fourth-order valence-corrected chi connectivity index (χ4v) is 6.25. The van der Waals surface area contributed by atoms with E-state index in [1.807, 2.05) is 37.3 Å². The van der Waals surface area contributed by atoms with Gasteiger partial charge in [0.2, 0.25) is 5.91 Å². The summed E-state index contributed by atoms with van der Waals surface area (Å²) in [5, 5.41) is 10.6. The molecule has 0 radical (unpaired) electrons. The highest BCUT2D eigenvalue weighted by molar-refractivity contribution is 7.91. The number of anilines is 1. The number of nitrogens with zero attached hydrogens (tertiary/aromatic N) is 3. The van der Waals surface area contributed by atoms with Gasteiger partial charge in [0, 0.05) is 6.54 Å². The number of nitriles is 1. The van der Waals surface area contributed by atoms with Crippen LogP contribution in [0.5, 0.6) is 0 Å². The van der Waals surface area contributed by atoms with Crippen LogP contribution in [-0.4, -0.2) is 30.6 Å². The lowest BCUT2D eigenvalue weighted by atomic mass is 10.1. The van der Waals surface area contributed by atoms with Gasteiger partial charge < -0.3 is 0 Å². The molecule has 1 saturated heterocycles. The van der Waals surface area contributed by atoms with E-state index in [4.69, 9.17) is 5.26 Å². The van der Waals surface area contributed by atoms with Gasteiger partial charge in [0.25, 0.3) is 15.9 Å². The van der Waals surface area contributed by atoms with Gasteiger partial charge in [-0.15, -0.1) is 11.3 Å². The maximum atomic E-state index is 13.4. The summed E-state index contributed by atoms with van der Waals surface area (Å²) in [5.41, 5.74) is 2.45. The van der Waals surface area contributed by atoms with E-state index >= 15 is 0 Å². The van der Waals surface area contributed by atoms with Crippen LogP contribution in [-0.2, 0) is 26.2 Å². The van der Waals surface area contributed by atoms with Crippen molar-refractivity contribution in [2.45, 2.75) is 30.1 Å². The van der Waals surface area contributed by atoms with Gasteiger partial charge in [0.15, 0.2) is 0 Å². The number of hydrogen-bond acceptors (Lipinski definition) is 6. The highest BCUT2D eigenvalue weighted by atomic mass is 32.2. The molecule has 1 aliphatic heterocycles. The number of sulfonamides is 1. The molecule has 0 saturated carbocycles. The van der Waals surface area contributed by atoms with Gasteiger partial charge in [-0.2, -0.15) is 9.57 Å². The van der Waals surface area contributed by atoms with Crippen molar-refractivity contribution in [3.63, 3.8) is 0 Å². The Labute approximate surface area is 190 Å². The molecule has 3 aromatic rings. The molecule has 1 atom stereocenters. The molecule has 0 bridgehead atoms. The molecule has 1 unspecified atom stereocenters. The number of hydrogen-bond donors (Lipinski definition) is 0. The zero-order valence-corrected chi connectivity index (χ0v) is 18.8. The first kappa shape index (κ1) is 21.9.